The van der Waals surface area contributed by atoms with Gasteiger partial charge >= 0.3 is 0 Å². The van der Waals surface area contributed by atoms with Crippen molar-refractivity contribution in [3.63, 3.8) is 0 Å². The lowest BCUT2D eigenvalue weighted by atomic mass is 9.78. The first kappa shape index (κ1) is 12.2. The van der Waals surface area contributed by atoms with Crippen LogP contribution >= 0.6 is 0 Å². The van der Waals surface area contributed by atoms with Crippen LogP contribution < -0.4 is 0 Å². The fraction of sp³-hybridized carbons (Fsp3) is 0.867. The summed E-state index contributed by atoms with van der Waals surface area (Å²) in [5, 5.41) is 0. The minimum absolute atomic E-state index is 0.938. The second-order valence-corrected chi connectivity index (χ2v) is 5.85. The maximum absolute atomic E-state index is 4.00. The van der Waals surface area contributed by atoms with E-state index in [1.807, 2.05) is 0 Å². The van der Waals surface area contributed by atoms with Crippen molar-refractivity contribution in [1.29, 1.82) is 0 Å². The van der Waals surface area contributed by atoms with Crippen molar-refractivity contribution in [3.05, 3.63) is 12.2 Å². The Bertz CT molecular complexity index is 232. The van der Waals surface area contributed by atoms with Crippen molar-refractivity contribution in [2.75, 3.05) is 13.1 Å². The van der Waals surface area contributed by atoms with E-state index in [1.165, 1.54) is 70.0 Å². The van der Waals surface area contributed by atoms with Crippen molar-refractivity contribution in [1.82, 2.24) is 4.90 Å². The smallest absolute Gasteiger partial charge is 0.0123 e. The van der Waals surface area contributed by atoms with Gasteiger partial charge in [0, 0.05) is 6.04 Å². The summed E-state index contributed by atoms with van der Waals surface area (Å²) in [4.78, 5) is 2.79. The van der Waals surface area contributed by atoms with Crippen molar-refractivity contribution in [3.8, 4) is 0 Å². The van der Waals surface area contributed by atoms with Gasteiger partial charge in [0.15, 0.2) is 0 Å². The molecule has 1 saturated carbocycles. The summed E-state index contributed by atoms with van der Waals surface area (Å²) >= 11 is 0. The van der Waals surface area contributed by atoms with Gasteiger partial charge in [-0.05, 0) is 64.5 Å². The molecule has 1 aliphatic heterocycles. The molecular formula is C15H27N. The second kappa shape index (κ2) is 5.86. The van der Waals surface area contributed by atoms with Crippen molar-refractivity contribution < 1.29 is 0 Å². The zero-order valence-corrected chi connectivity index (χ0v) is 10.9. The van der Waals surface area contributed by atoms with Gasteiger partial charge in [0.25, 0.3) is 0 Å². The van der Waals surface area contributed by atoms with Crippen molar-refractivity contribution in [2.24, 2.45) is 5.92 Å². The van der Waals surface area contributed by atoms with Crippen LogP contribution in [-0.2, 0) is 0 Å². The summed E-state index contributed by atoms with van der Waals surface area (Å²) in [6, 6.07) is 0.938. The van der Waals surface area contributed by atoms with E-state index in [2.05, 4.69) is 18.4 Å². The highest BCUT2D eigenvalue weighted by molar-refractivity contribution is 4.90. The van der Waals surface area contributed by atoms with Crippen LogP contribution in [0.1, 0.15) is 58.3 Å². The molecule has 1 heteroatoms. The van der Waals surface area contributed by atoms with Crippen LogP contribution in [0.2, 0.25) is 0 Å². The number of allylic oxidation sites excluding steroid dienone is 1. The highest BCUT2D eigenvalue weighted by Gasteiger charge is 2.32. The molecule has 0 amide bonds. The predicted octanol–water partition coefficient (Wildman–Crippen LogP) is 4.00. The first-order valence-electron chi connectivity index (χ1n) is 7.16. The van der Waals surface area contributed by atoms with Gasteiger partial charge in [-0.25, -0.2) is 0 Å². The molecule has 1 nitrogen and oxygen atoms in total. The molecule has 0 N–H and O–H groups in total. The minimum Gasteiger partial charge on any atom is -0.300 e. The van der Waals surface area contributed by atoms with E-state index < -0.39 is 0 Å². The lowest BCUT2D eigenvalue weighted by Gasteiger charge is -2.44. The van der Waals surface area contributed by atoms with E-state index in [0.29, 0.717) is 0 Å². The van der Waals surface area contributed by atoms with Crippen LogP contribution in [-0.4, -0.2) is 24.0 Å². The molecule has 2 rings (SSSR count). The Morgan fingerprint density at radius 2 is 1.94 bits per heavy atom. The van der Waals surface area contributed by atoms with Gasteiger partial charge in [0.1, 0.15) is 0 Å². The zero-order valence-electron chi connectivity index (χ0n) is 10.9. The summed E-state index contributed by atoms with van der Waals surface area (Å²) < 4.78 is 0. The third-order valence-electron chi connectivity index (χ3n) is 4.41. The first-order chi connectivity index (χ1) is 7.77. The van der Waals surface area contributed by atoms with Crippen LogP contribution in [0.15, 0.2) is 12.2 Å². The maximum atomic E-state index is 4.00. The number of nitrogens with zero attached hydrogens (tertiary/aromatic N) is 1. The lowest BCUT2D eigenvalue weighted by molar-refractivity contribution is 0.0602. The largest absolute Gasteiger partial charge is 0.300 e. The Balaban J connectivity index is 1.80. The Labute approximate surface area is 101 Å². The van der Waals surface area contributed by atoms with Gasteiger partial charge in [0.05, 0.1) is 0 Å². The van der Waals surface area contributed by atoms with Gasteiger partial charge in [-0.15, -0.1) is 6.58 Å². The molecule has 0 aromatic heterocycles. The average molecular weight is 221 g/mol. The van der Waals surface area contributed by atoms with Crippen LogP contribution in [0, 0.1) is 5.92 Å². The highest BCUT2D eigenvalue weighted by atomic mass is 15.2. The van der Waals surface area contributed by atoms with Crippen LogP contribution in [0.5, 0.6) is 0 Å². The zero-order chi connectivity index (χ0) is 11.4. The normalized spacial score (nSPS) is 31.1. The Morgan fingerprint density at radius 1 is 1.19 bits per heavy atom. The average Bonchev–Trinajstić information content (AvgIpc) is 2.29. The van der Waals surface area contributed by atoms with Gasteiger partial charge in [-0.2, -0.15) is 0 Å². The Morgan fingerprint density at radius 3 is 2.75 bits per heavy atom. The van der Waals surface area contributed by atoms with Gasteiger partial charge in [-0.1, -0.05) is 18.4 Å². The van der Waals surface area contributed by atoms with Gasteiger partial charge < -0.3 is 4.90 Å². The number of fused-ring (bicyclic) bond motifs is 1. The maximum Gasteiger partial charge on any atom is 0.0123 e. The van der Waals surface area contributed by atoms with E-state index in [0.717, 1.165) is 12.0 Å². The molecule has 16 heavy (non-hydrogen) atoms. The monoisotopic (exact) mass is 221 g/mol. The summed E-state index contributed by atoms with van der Waals surface area (Å²) in [5.41, 5.74) is 1.34. The SMILES string of the molecule is C=C(C)CCCN1CCCC2CCCCC21. The van der Waals surface area contributed by atoms with E-state index in [4.69, 9.17) is 0 Å². The standard InChI is InChI=1S/C15H27N/c1-13(2)7-5-11-16-12-6-9-14-8-3-4-10-15(14)16/h14-15H,1,3-12H2,2H3. The molecule has 2 unspecified atom stereocenters. The fourth-order valence-corrected chi connectivity index (χ4v) is 3.59. The Kier molecular flexibility index (Phi) is 4.45. The molecule has 92 valence electrons. The molecule has 2 fully saturated rings. The summed E-state index contributed by atoms with van der Waals surface area (Å²) in [7, 11) is 0. The molecule has 0 bridgehead atoms. The van der Waals surface area contributed by atoms with E-state index in [-0.39, 0.29) is 0 Å². The molecule has 1 saturated heterocycles. The molecule has 2 aliphatic rings. The van der Waals surface area contributed by atoms with Crippen molar-refractivity contribution >= 4 is 0 Å². The van der Waals surface area contributed by atoms with Crippen molar-refractivity contribution in [2.45, 2.75) is 64.3 Å². The van der Waals surface area contributed by atoms with Crippen LogP contribution in [0.3, 0.4) is 0 Å². The molecule has 2 atom stereocenters. The first-order valence-corrected chi connectivity index (χ1v) is 7.16. The summed E-state index contributed by atoms with van der Waals surface area (Å²) in [6.07, 6.45) is 11.4. The third-order valence-corrected chi connectivity index (χ3v) is 4.41. The molecule has 1 heterocycles. The molecular weight excluding hydrogens is 194 g/mol. The number of likely N-dealkylation sites (tertiary alicyclic amines) is 1. The van der Waals surface area contributed by atoms with E-state index >= 15 is 0 Å². The van der Waals surface area contributed by atoms with Crippen LogP contribution in [0.25, 0.3) is 0 Å². The quantitative estimate of drug-likeness (QED) is 0.649. The molecule has 0 aromatic carbocycles. The molecule has 0 radical (unpaired) electrons. The topological polar surface area (TPSA) is 3.24 Å². The van der Waals surface area contributed by atoms with Gasteiger partial charge in [-0.3, -0.25) is 0 Å². The minimum atomic E-state index is 0.938. The lowest BCUT2D eigenvalue weighted by Crippen LogP contribution is -2.47. The summed E-state index contributed by atoms with van der Waals surface area (Å²) in [5.74, 6) is 1.03. The molecule has 1 aliphatic carbocycles. The van der Waals surface area contributed by atoms with Crippen LogP contribution in [0.4, 0.5) is 0 Å². The number of hydrogen-bond acceptors (Lipinski definition) is 1. The molecule has 0 aromatic rings. The van der Waals surface area contributed by atoms with E-state index in [1.54, 1.807) is 0 Å². The third kappa shape index (κ3) is 3.10. The Hall–Kier alpha value is -0.300. The highest BCUT2D eigenvalue weighted by Crippen LogP contribution is 2.35. The number of rotatable bonds is 4. The van der Waals surface area contributed by atoms with Gasteiger partial charge in [0.2, 0.25) is 0 Å². The number of piperidine rings is 1. The molecule has 0 spiro atoms. The predicted molar refractivity (Wildman–Crippen MR) is 70.6 cm³/mol. The summed E-state index contributed by atoms with van der Waals surface area (Å²) in [6.45, 7) is 8.83. The number of hydrogen-bond donors (Lipinski definition) is 0. The fourth-order valence-electron chi connectivity index (χ4n) is 3.59. The van der Waals surface area contributed by atoms with E-state index in [9.17, 15) is 0 Å². The second-order valence-electron chi connectivity index (χ2n) is 5.85.